The van der Waals surface area contributed by atoms with Gasteiger partial charge in [0.25, 0.3) is 0 Å². The van der Waals surface area contributed by atoms with Crippen molar-refractivity contribution in [2.24, 2.45) is 0 Å². The van der Waals surface area contributed by atoms with Gasteiger partial charge in [0.05, 0.1) is 0 Å². The number of hydrogen-bond donors (Lipinski definition) is 0. The van der Waals surface area contributed by atoms with Gasteiger partial charge in [-0.3, -0.25) is 4.98 Å². The predicted octanol–water partition coefficient (Wildman–Crippen LogP) is 2.53. The molecule has 0 aliphatic heterocycles. The van der Waals surface area contributed by atoms with Crippen LogP contribution in [-0.2, 0) is 25.9 Å². The summed E-state index contributed by atoms with van der Waals surface area (Å²) in [5.41, 5.74) is 2.68. The predicted molar refractivity (Wildman–Crippen MR) is 55.7 cm³/mol. The third kappa shape index (κ3) is 3.56. The van der Waals surface area contributed by atoms with Crippen molar-refractivity contribution in [3.63, 3.8) is 0 Å². The number of pyridine rings is 1. The smallest absolute Gasteiger partial charge is 0.0451 e. The van der Waals surface area contributed by atoms with Gasteiger partial charge in [-0.1, -0.05) is 6.07 Å². The molecule has 1 aromatic carbocycles. The van der Waals surface area contributed by atoms with Crippen molar-refractivity contribution in [1.29, 1.82) is 0 Å². The third-order valence-electron chi connectivity index (χ3n) is 1.97. The monoisotopic (exact) mass is 283 g/mol. The van der Waals surface area contributed by atoms with Crippen molar-refractivity contribution < 1.29 is 19.5 Å². The van der Waals surface area contributed by atoms with Crippen LogP contribution in [0.3, 0.4) is 0 Å². The van der Waals surface area contributed by atoms with Crippen molar-refractivity contribution in [3.05, 3.63) is 72.4 Å². The second-order valence-corrected chi connectivity index (χ2v) is 3.12. The van der Waals surface area contributed by atoms with Crippen LogP contribution in [-0.4, -0.2) is 4.98 Å². The van der Waals surface area contributed by atoms with E-state index in [0.717, 1.165) is 17.7 Å². The molecular weight excluding hydrogens is 273 g/mol. The Morgan fingerprint density at radius 2 is 2.00 bits per heavy atom. The Morgan fingerprint density at radius 1 is 1.13 bits per heavy atom. The molecular formula is C13H10NRh-. The van der Waals surface area contributed by atoms with Gasteiger partial charge in [0, 0.05) is 37.8 Å². The van der Waals surface area contributed by atoms with Gasteiger partial charge in [-0.05, 0) is 18.6 Å². The van der Waals surface area contributed by atoms with Crippen LogP contribution < -0.4 is 0 Å². The summed E-state index contributed by atoms with van der Waals surface area (Å²) in [6.07, 6.45) is 0.784. The Morgan fingerprint density at radius 3 is 2.67 bits per heavy atom. The van der Waals surface area contributed by atoms with Gasteiger partial charge in [-0.25, -0.2) is 0 Å². The number of aromatic nitrogens is 1. The molecule has 0 spiro atoms. The van der Waals surface area contributed by atoms with Gasteiger partial charge in [-0.2, -0.15) is 35.9 Å². The van der Waals surface area contributed by atoms with E-state index >= 15 is 0 Å². The Bertz CT molecular complexity index is 412. The quantitative estimate of drug-likeness (QED) is 0.609. The van der Waals surface area contributed by atoms with Gasteiger partial charge in [-0.15, -0.1) is 0 Å². The minimum atomic E-state index is 0. The maximum absolute atomic E-state index is 5.59. The van der Waals surface area contributed by atoms with Crippen molar-refractivity contribution >= 4 is 0 Å². The topological polar surface area (TPSA) is 12.9 Å². The van der Waals surface area contributed by atoms with Crippen molar-refractivity contribution in [2.45, 2.75) is 6.42 Å². The Kier molecular flexibility index (Phi) is 4.64. The summed E-state index contributed by atoms with van der Waals surface area (Å²) >= 11 is 0. The summed E-state index contributed by atoms with van der Waals surface area (Å²) in [6.45, 7) is 5.59. The minimum Gasteiger partial charge on any atom is -0.257 e. The second-order valence-electron chi connectivity index (χ2n) is 3.12. The van der Waals surface area contributed by atoms with E-state index in [-0.39, 0.29) is 19.5 Å². The summed E-state index contributed by atoms with van der Waals surface area (Å²) in [6, 6.07) is 16.7. The molecule has 1 heterocycles. The van der Waals surface area contributed by atoms with Crippen LogP contribution in [0.1, 0.15) is 17.0 Å². The van der Waals surface area contributed by atoms with E-state index in [9.17, 15) is 0 Å². The van der Waals surface area contributed by atoms with Crippen LogP contribution in [0.4, 0.5) is 0 Å². The first-order valence-electron chi connectivity index (χ1n) is 4.51. The maximum atomic E-state index is 5.59. The number of hydrogen-bond acceptors (Lipinski definition) is 1. The molecule has 0 atom stereocenters. The third-order valence-corrected chi connectivity index (χ3v) is 1.97. The first-order chi connectivity index (χ1) is 6.84. The Balaban J connectivity index is 0.00000112. The normalized spacial score (nSPS) is 9.40. The number of benzene rings is 1. The van der Waals surface area contributed by atoms with Crippen molar-refractivity contribution in [3.8, 4) is 0 Å². The first kappa shape index (κ1) is 12.1. The van der Waals surface area contributed by atoms with E-state index < -0.39 is 0 Å². The van der Waals surface area contributed by atoms with Gasteiger partial charge in [0.1, 0.15) is 0 Å². The molecule has 0 bridgehead atoms. The minimum absolute atomic E-state index is 0. The van der Waals surface area contributed by atoms with E-state index in [1.165, 1.54) is 0 Å². The van der Waals surface area contributed by atoms with Crippen LogP contribution in [0, 0.1) is 13.0 Å². The molecule has 0 saturated heterocycles. The molecule has 0 N–H and O–H groups in total. The molecule has 1 aromatic heterocycles. The zero-order valence-corrected chi connectivity index (χ0v) is 9.75. The standard InChI is InChI=1S/C13H10N.Rh/c1-11-6-5-9-13(14-11)10-12-7-3-2-4-8-12;/h1-7,9H,10H2;/q-1;. The average Bonchev–Trinajstić information content (AvgIpc) is 2.19. The average molecular weight is 283 g/mol. The molecule has 0 aliphatic carbocycles. The van der Waals surface area contributed by atoms with Gasteiger partial charge in [0.15, 0.2) is 0 Å². The summed E-state index contributed by atoms with van der Waals surface area (Å²) in [5, 5.41) is 0. The van der Waals surface area contributed by atoms with Crippen LogP contribution >= 0.6 is 0 Å². The van der Waals surface area contributed by atoms with Crippen LogP contribution in [0.25, 0.3) is 0 Å². The zero-order chi connectivity index (χ0) is 9.80. The fraction of sp³-hybridized carbons (Fsp3) is 0.0769. The zero-order valence-electron chi connectivity index (χ0n) is 8.11. The molecule has 15 heavy (non-hydrogen) atoms. The fourth-order valence-corrected chi connectivity index (χ4v) is 1.33. The first-order valence-corrected chi connectivity index (χ1v) is 4.51. The molecule has 0 saturated carbocycles. The molecule has 2 rings (SSSR count). The van der Waals surface area contributed by atoms with Crippen molar-refractivity contribution in [2.75, 3.05) is 0 Å². The van der Waals surface area contributed by atoms with Crippen LogP contribution in [0.15, 0.2) is 42.5 Å². The van der Waals surface area contributed by atoms with E-state index in [1.54, 1.807) is 6.07 Å². The molecule has 0 aliphatic rings. The summed E-state index contributed by atoms with van der Waals surface area (Å²) in [5.74, 6) is 0. The SMILES string of the molecule is [CH]c1cccc(Cc2[c-]cccc2)n1.[Rh]. The van der Waals surface area contributed by atoms with Gasteiger partial charge in [0.2, 0.25) is 0 Å². The molecule has 77 valence electrons. The Labute approximate surface area is 103 Å². The molecule has 0 unspecified atom stereocenters. The largest absolute Gasteiger partial charge is 0.257 e. The summed E-state index contributed by atoms with van der Waals surface area (Å²) in [4.78, 5) is 4.23. The fourth-order valence-electron chi connectivity index (χ4n) is 1.33. The summed E-state index contributed by atoms with van der Waals surface area (Å²) < 4.78 is 0. The molecule has 2 aromatic rings. The second kappa shape index (κ2) is 5.77. The number of rotatable bonds is 2. The molecule has 3 radical (unpaired) electrons. The molecule has 0 amide bonds. The number of nitrogens with zero attached hydrogens (tertiary/aromatic N) is 1. The van der Waals surface area contributed by atoms with E-state index in [1.807, 2.05) is 36.4 Å². The Hall–Kier alpha value is -1.01. The van der Waals surface area contributed by atoms with Crippen molar-refractivity contribution in [1.82, 2.24) is 4.98 Å². The van der Waals surface area contributed by atoms with E-state index in [0.29, 0.717) is 5.69 Å². The molecule has 0 fully saturated rings. The van der Waals surface area contributed by atoms with Crippen LogP contribution in [0.5, 0.6) is 0 Å². The van der Waals surface area contributed by atoms with Crippen LogP contribution in [0.2, 0.25) is 0 Å². The van der Waals surface area contributed by atoms with E-state index in [2.05, 4.69) is 11.1 Å². The van der Waals surface area contributed by atoms with Gasteiger partial charge >= 0.3 is 0 Å². The van der Waals surface area contributed by atoms with E-state index in [4.69, 9.17) is 6.92 Å². The molecule has 2 heteroatoms. The molecule has 1 nitrogen and oxygen atoms in total. The summed E-state index contributed by atoms with van der Waals surface area (Å²) in [7, 11) is 0. The maximum Gasteiger partial charge on any atom is 0.0451 e. The van der Waals surface area contributed by atoms with Gasteiger partial charge < -0.3 is 0 Å².